The first-order valence-corrected chi connectivity index (χ1v) is 5.42. The van der Waals surface area contributed by atoms with Gasteiger partial charge in [0.2, 0.25) is 5.91 Å². The van der Waals surface area contributed by atoms with E-state index in [2.05, 4.69) is 38.3 Å². The first-order chi connectivity index (χ1) is 6.42. The van der Waals surface area contributed by atoms with Crippen molar-refractivity contribution in [2.75, 3.05) is 13.1 Å². The molecular formula is C11H22N2O. The summed E-state index contributed by atoms with van der Waals surface area (Å²) >= 11 is 0. The van der Waals surface area contributed by atoms with E-state index in [9.17, 15) is 4.79 Å². The molecule has 2 N–H and O–H groups in total. The standard InChI is InChI=1S/C11H22N2O/c1-8(2)6-13-10(14)7-12-9-5-11(9,3)4/h8-9,12H,5-7H2,1-4H3,(H,13,14). The number of hydrogen-bond acceptors (Lipinski definition) is 2. The van der Waals surface area contributed by atoms with Crippen LogP contribution in [0.25, 0.3) is 0 Å². The Hall–Kier alpha value is -0.570. The molecule has 0 heterocycles. The zero-order valence-corrected chi connectivity index (χ0v) is 9.68. The minimum Gasteiger partial charge on any atom is -0.355 e. The lowest BCUT2D eigenvalue weighted by Crippen LogP contribution is -2.37. The summed E-state index contributed by atoms with van der Waals surface area (Å²) in [6.45, 7) is 9.86. The summed E-state index contributed by atoms with van der Waals surface area (Å²) in [7, 11) is 0. The van der Waals surface area contributed by atoms with Crippen LogP contribution in [0.1, 0.15) is 34.1 Å². The fraction of sp³-hybridized carbons (Fsp3) is 0.909. The molecule has 1 fully saturated rings. The molecule has 1 unspecified atom stereocenters. The number of rotatable bonds is 5. The first kappa shape index (κ1) is 11.5. The molecular weight excluding hydrogens is 176 g/mol. The van der Waals surface area contributed by atoms with Crippen molar-refractivity contribution in [1.29, 1.82) is 0 Å². The topological polar surface area (TPSA) is 41.1 Å². The highest BCUT2D eigenvalue weighted by atomic mass is 16.1. The quantitative estimate of drug-likeness (QED) is 0.695. The van der Waals surface area contributed by atoms with E-state index in [1.807, 2.05) is 0 Å². The van der Waals surface area contributed by atoms with Crippen LogP contribution in [0.2, 0.25) is 0 Å². The minimum absolute atomic E-state index is 0.112. The Kier molecular flexibility index (Phi) is 3.53. The maximum absolute atomic E-state index is 11.3. The Morgan fingerprint density at radius 2 is 2.07 bits per heavy atom. The van der Waals surface area contributed by atoms with Gasteiger partial charge in [0, 0.05) is 12.6 Å². The van der Waals surface area contributed by atoms with Crippen LogP contribution >= 0.6 is 0 Å². The van der Waals surface area contributed by atoms with Crippen LogP contribution in [0.4, 0.5) is 0 Å². The van der Waals surface area contributed by atoms with Crippen molar-refractivity contribution < 1.29 is 4.79 Å². The van der Waals surface area contributed by atoms with Gasteiger partial charge >= 0.3 is 0 Å². The summed E-state index contributed by atoms with van der Waals surface area (Å²) < 4.78 is 0. The molecule has 1 atom stereocenters. The van der Waals surface area contributed by atoms with Gasteiger partial charge in [-0.2, -0.15) is 0 Å². The average molecular weight is 198 g/mol. The molecule has 1 aliphatic rings. The molecule has 1 saturated carbocycles. The first-order valence-electron chi connectivity index (χ1n) is 5.42. The SMILES string of the molecule is CC(C)CNC(=O)CNC1CC1(C)C. The predicted octanol–water partition coefficient (Wildman–Crippen LogP) is 1.15. The third kappa shape index (κ3) is 3.66. The van der Waals surface area contributed by atoms with Gasteiger partial charge in [0.25, 0.3) is 0 Å². The van der Waals surface area contributed by atoms with Crippen molar-refractivity contribution in [3.63, 3.8) is 0 Å². The van der Waals surface area contributed by atoms with Crippen molar-refractivity contribution in [2.45, 2.75) is 40.2 Å². The maximum atomic E-state index is 11.3. The van der Waals surface area contributed by atoms with E-state index < -0.39 is 0 Å². The zero-order chi connectivity index (χ0) is 10.8. The van der Waals surface area contributed by atoms with E-state index in [4.69, 9.17) is 0 Å². The van der Waals surface area contributed by atoms with Gasteiger partial charge in [-0.15, -0.1) is 0 Å². The summed E-state index contributed by atoms with van der Waals surface area (Å²) in [5, 5.41) is 6.15. The molecule has 1 amide bonds. The molecule has 0 aliphatic heterocycles. The highest BCUT2D eigenvalue weighted by molar-refractivity contribution is 5.78. The number of hydrogen-bond donors (Lipinski definition) is 2. The predicted molar refractivity (Wildman–Crippen MR) is 58.0 cm³/mol. The van der Waals surface area contributed by atoms with Crippen molar-refractivity contribution >= 4 is 5.91 Å². The van der Waals surface area contributed by atoms with Gasteiger partial charge in [0.05, 0.1) is 6.54 Å². The fourth-order valence-electron chi connectivity index (χ4n) is 1.41. The molecule has 3 heteroatoms. The Morgan fingerprint density at radius 3 is 2.50 bits per heavy atom. The fourth-order valence-corrected chi connectivity index (χ4v) is 1.41. The van der Waals surface area contributed by atoms with Gasteiger partial charge in [-0.3, -0.25) is 4.79 Å². The summed E-state index contributed by atoms with van der Waals surface area (Å²) in [5.41, 5.74) is 0.401. The summed E-state index contributed by atoms with van der Waals surface area (Å²) in [4.78, 5) is 11.3. The smallest absolute Gasteiger partial charge is 0.233 e. The molecule has 1 aliphatic carbocycles. The molecule has 14 heavy (non-hydrogen) atoms. The Balaban J connectivity index is 2.05. The van der Waals surface area contributed by atoms with Gasteiger partial charge in [0.15, 0.2) is 0 Å². The van der Waals surface area contributed by atoms with Crippen LogP contribution in [0.15, 0.2) is 0 Å². The van der Waals surface area contributed by atoms with E-state index in [1.165, 1.54) is 6.42 Å². The molecule has 0 aromatic rings. The van der Waals surface area contributed by atoms with E-state index in [-0.39, 0.29) is 5.91 Å². The van der Waals surface area contributed by atoms with E-state index in [0.717, 1.165) is 6.54 Å². The third-order valence-electron chi connectivity index (χ3n) is 2.73. The highest BCUT2D eigenvalue weighted by Gasteiger charge is 2.45. The van der Waals surface area contributed by atoms with Crippen LogP contribution < -0.4 is 10.6 Å². The second-order valence-electron chi connectivity index (χ2n) is 5.32. The molecule has 0 saturated heterocycles. The van der Waals surface area contributed by atoms with Crippen LogP contribution in [-0.4, -0.2) is 25.0 Å². The average Bonchev–Trinajstić information content (AvgIpc) is 2.67. The van der Waals surface area contributed by atoms with Crippen LogP contribution in [0.3, 0.4) is 0 Å². The lowest BCUT2D eigenvalue weighted by molar-refractivity contribution is -0.120. The largest absolute Gasteiger partial charge is 0.355 e. The molecule has 0 spiro atoms. The van der Waals surface area contributed by atoms with E-state index >= 15 is 0 Å². The molecule has 82 valence electrons. The zero-order valence-electron chi connectivity index (χ0n) is 9.68. The summed E-state index contributed by atoms with van der Waals surface area (Å²) in [5.74, 6) is 0.637. The summed E-state index contributed by atoms with van der Waals surface area (Å²) in [6, 6.07) is 0.535. The Morgan fingerprint density at radius 1 is 1.50 bits per heavy atom. The lowest BCUT2D eigenvalue weighted by atomic mass is 10.2. The second kappa shape index (κ2) is 4.30. The number of nitrogens with one attached hydrogen (secondary N) is 2. The molecule has 3 nitrogen and oxygen atoms in total. The van der Waals surface area contributed by atoms with Crippen molar-refractivity contribution in [3.8, 4) is 0 Å². The van der Waals surface area contributed by atoms with E-state index in [1.54, 1.807) is 0 Å². The molecule has 1 rings (SSSR count). The normalized spacial score (nSPS) is 23.6. The second-order valence-corrected chi connectivity index (χ2v) is 5.32. The minimum atomic E-state index is 0.112. The molecule has 0 bridgehead atoms. The number of amides is 1. The van der Waals surface area contributed by atoms with Crippen molar-refractivity contribution in [1.82, 2.24) is 10.6 Å². The highest BCUT2D eigenvalue weighted by Crippen LogP contribution is 2.44. The van der Waals surface area contributed by atoms with Gasteiger partial charge in [0.1, 0.15) is 0 Å². The number of carbonyl (C=O) groups is 1. The van der Waals surface area contributed by atoms with Crippen molar-refractivity contribution in [3.05, 3.63) is 0 Å². The lowest BCUT2D eigenvalue weighted by Gasteiger charge is -2.09. The Bertz CT molecular complexity index is 211. The summed E-state index contributed by atoms with van der Waals surface area (Å²) in [6.07, 6.45) is 1.18. The molecule has 0 radical (unpaired) electrons. The van der Waals surface area contributed by atoms with E-state index in [0.29, 0.717) is 23.9 Å². The van der Waals surface area contributed by atoms with Gasteiger partial charge in [-0.05, 0) is 17.8 Å². The van der Waals surface area contributed by atoms with Gasteiger partial charge in [-0.25, -0.2) is 0 Å². The molecule has 0 aromatic carbocycles. The van der Waals surface area contributed by atoms with Gasteiger partial charge < -0.3 is 10.6 Å². The van der Waals surface area contributed by atoms with Crippen LogP contribution in [-0.2, 0) is 4.79 Å². The number of carbonyl (C=O) groups excluding carboxylic acids is 1. The van der Waals surface area contributed by atoms with Crippen molar-refractivity contribution in [2.24, 2.45) is 11.3 Å². The van der Waals surface area contributed by atoms with Gasteiger partial charge in [-0.1, -0.05) is 27.7 Å². The van der Waals surface area contributed by atoms with Crippen LogP contribution in [0.5, 0.6) is 0 Å². The Labute approximate surface area is 86.6 Å². The maximum Gasteiger partial charge on any atom is 0.233 e. The van der Waals surface area contributed by atoms with Crippen LogP contribution in [0, 0.1) is 11.3 Å². The molecule has 0 aromatic heterocycles. The third-order valence-corrected chi connectivity index (χ3v) is 2.73. The monoisotopic (exact) mass is 198 g/mol.